The monoisotopic (exact) mass is 264 g/mol. The summed E-state index contributed by atoms with van der Waals surface area (Å²) in [4.78, 5) is 15.4. The molecule has 1 saturated carbocycles. The third-order valence-corrected chi connectivity index (χ3v) is 3.48. The summed E-state index contributed by atoms with van der Waals surface area (Å²) >= 11 is 0. The zero-order valence-corrected chi connectivity index (χ0v) is 11.2. The first kappa shape index (κ1) is 14.0. The van der Waals surface area contributed by atoms with Crippen molar-refractivity contribution in [2.45, 2.75) is 37.8 Å². The summed E-state index contributed by atoms with van der Waals surface area (Å²) in [6.45, 7) is 0.980. The van der Waals surface area contributed by atoms with Gasteiger partial charge in [-0.05, 0) is 25.0 Å². The van der Waals surface area contributed by atoms with Crippen molar-refractivity contribution in [3.05, 3.63) is 29.6 Å². The minimum absolute atomic E-state index is 0.161. The number of pyridine rings is 1. The molecular formula is C14H20N2O3. The van der Waals surface area contributed by atoms with Crippen LogP contribution in [0.4, 0.5) is 0 Å². The van der Waals surface area contributed by atoms with Crippen LogP contribution in [0.2, 0.25) is 0 Å². The van der Waals surface area contributed by atoms with Crippen LogP contribution in [0.1, 0.15) is 41.7 Å². The van der Waals surface area contributed by atoms with E-state index in [4.69, 9.17) is 10.5 Å². The predicted octanol–water partition coefficient (Wildman–Crippen LogP) is 1.66. The summed E-state index contributed by atoms with van der Waals surface area (Å²) in [5, 5.41) is 0. The van der Waals surface area contributed by atoms with Gasteiger partial charge in [0.15, 0.2) is 0 Å². The van der Waals surface area contributed by atoms with E-state index in [1.807, 2.05) is 0 Å². The number of carbonyl (C=O) groups is 1. The van der Waals surface area contributed by atoms with Gasteiger partial charge < -0.3 is 15.2 Å². The Labute approximate surface area is 113 Å². The summed E-state index contributed by atoms with van der Waals surface area (Å²) < 4.78 is 10.2. The normalized spacial score (nSPS) is 17.4. The Hall–Kier alpha value is -1.46. The highest BCUT2D eigenvalue weighted by molar-refractivity contribution is 5.88. The topological polar surface area (TPSA) is 74.4 Å². The highest BCUT2D eigenvalue weighted by Gasteiger charge is 2.29. The average Bonchev–Trinajstić information content (AvgIpc) is 2.86. The van der Waals surface area contributed by atoms with Gasteiger partial charge in [-0.3, -0.25) is 4.98 Å². The van der Waals surface area contributed by atoms with E-state index in [9.17, 15) is 4.79 Å². The van der Waals surface area contributed by atoms with Crippen LogP contribution in [0.15, 0.2) is 18.3 Å². The van der Waals surface area contributed by atoms with Crippen molar-refractivity contribution < 1.29 is 14.3 Å². The van der Waals surface area contributed by atoms with Crippen molar-refractivity contribution in [1.82, 2.24) is 4.98 Å². The molecule has 2 rings (SSSR count). The second kappa shape index (κ2) is 6.12. The number of carbonyl (C=O) groups excluding carboxylic acids is 1. The van der Waals surface area contributed by atoms with Crippen LogP contribution in [0.5, 0.6) is 0 Å². The van der Waals surface area contributed by atoms with Gasteiger partial charge in [-0.2, -0.15) is 0 Å². The standard InChI is InChI=1S/C14H20N2O3/c1-18-13(17)11-4-5-12(16-8-11)9-19-10-14(15)6-2-3-7-14/h4-5,8H,2-3,6-7,9-10,15H2,1H3. The van der Waals surface area contributed by atoms with Gasteiger partial charge >= 0.3 is 5.97 Å². The number of nitrogens with zero attached hydrogens (tertiary/aromatic N) is 1. The lowest BCUT2D eigenvalue weighted by Gasteiger charge is -2.22. The lowest BCUT2D eigenvalue weighted by atomic mass is 10.0. The lowest BCUT2D eigenvalue weighted by Crippen LogP contribution is -2.41. The minimum atomic E-state index is -0.383. The molecule has 0 radical (unpaired) electrons. The van der Waals surface area contributed by atoms with Gasteiger partial charge in [0.25, 0.3) is 0 Å². The molecule has 0 aromatic carbocycles. The third kappa shape index (κ3) is 3.75. The molecule has 0 aliphatic heterocycles. The maximum Gasteiger partial charge on any atom is 0.339 e. The van der Waals surface area contributed by atoms with Gasteiger partial charge in [0.1, 0.15) is 0 Å². The molecule has 1 aromatic heterocycles. The van der Waals surface area contributed by atoms with E-state index in [-0.39, 0.29) is 11.5 Å². The molecular weight excluding hydrogens is 244 g/mol. The highest BCUT2D eigenvalue weighted by Crippen LogP contribution is 2.27. The minimum Gasteiger partial charge on any atom is -0.465 e. The van der Waals surface area contributed by atoms with Crippen LogP contribution in [-0.4, -0.2) is 30.2 Å². The second-order valence-electron chi connectivity index (χ2n) is 5.09. The number of ether oxygens (including phenoxy) is 2. The Kier molecular flexibility index (Phi) is 4.50. The molecule has 5 heteroatoms. The van der Waals surface area contributed by atoms with Crippen LogP contribution in [0.3, 0.4) is 0 Å². The van der Waals surface area contributed by atoms with E-state index in [2.05, 4.69) is 9.72 Å². The number of hydrogen-bond acceptors (Lipinski definition) is 5. The molecule has 0 unspecified atom stereocenters. The summed E-state index contributed by atoms with van der Waals surface area (Å²) in [6.07, 6.45) is 5.93. The third-order valence-electron chi connectivity index (χ3n) is 3.48. The van der Waals surface area contributed by atoms with Crippen LogP contribution in [0, 0.1) is 0 Å². The Bertz CT molecular complexity index is 425. The molecule has 1 fully saturated rings. The molecule has 19 heavy (non-hydrogen) atoms. The number of nitrogens with two attached hydrogens (primary N) is 1. The second-order valence-corrected chi connectivity index (χ2v) is 5.09. The fraction of sp³-hybridized carbons (Fsp3) is 0.571. The van der Waals surface area contributed by atoms with E-state index < -0.39 is 0 Å². The Morgan fingerprint density at radius 1 is 1.42 bits per heavy atom. The fourth-order valence-electron chi connectivity index (χ4n) is 2.33. The van der Waals surface area contributed by atoms with Gasteiger partial charge in [-0.1, -0.05) is 12.8 Å². The molecule has 0 saturated heterocycles. The van der Waals surface area contributed by atoms with Crippen LogP contribution < -0.4 is 5.73 Å². The number of methoxy groups -OCH3 is 1. The van der Waals surface area contributed by atoms with Crippen molar-refractivity contribution in [3.63, 3.8) is 0 Å². The molecule has 0 atom stereocenters. The summed E-state index contributed by atoms with van der Waals surface area (Å²) in [7, 11) is 1.35. The largest absolute Gasteiger partial charge is 0.465 e. The van der Waals surface area contributed by atoms with E-state index in [0.29, 0.717) is 18.8 Å². The maximum absolute atomic E-state index is 11.2. The predicted molar refractivity (Wildman–Crippen MR) is 70.6 cm³/mol. The van der Waals surface area contributed by atoms with Gasteiger partial charge in [0.05, 0.1) is 31.6 Å². The molecule has 0 spiro atoms. The van der Waals surface area contributed by atoms with E-state index in [1.54, 1.807) is 12.1 Å². The van der Waals surface area contributed by atoms with Crippen molar-refractivity contribution in [1.29, 1.82) is 0 Å². The zero-order valence-electron chi connectivity index (χ0n) is 11.2. The number of hydrogen-bond donors (Lipinski definition) is 1. The number of esters is 1. The Morgan fingerprint density at radius 3 is 2.74 bits per heavy atom. The summed E-state index contributed by atoms with van der Waals surface area (Å²) in [5.41, 5.74) is 7.27. The van der Waals surface area contributed by atoms with Gasteiger partial charge in [-0.15, -0.1) is 0 Å². The van der Waals surface area contributed by atoms with Crippen molar-refractivity contribution in [2.75, 3.05) is 13.7 Å². The van der Waals surface area contributed by atoms with Crippen molar-refractivity contribution in [3.8, 4) is 0 Å². The quantitative estimate of drug-likeness (QED) is 0.819. The molecule has 104 valence electrons. The molecule has 1 aromatic rings. The van der Waals surface area contributed by atoms with Gasteiger partial charge in [0, 0.05) is 11.7 Å². The summed E-state index contributed by atoms with van der Waals surface area (Å²) in [6, 6.07) is 3.45. The molecule has 1 aliphatic rings. The Balaban J connectivity index is 1.81. The van der Waals surface area contributed by atoms with E-state index in [1.165, 1.54) is 26.1 Å². The smallest absolute Gasteiger partial charge is 0.339 e. The Morgan fingerprint density at radius 2 is 2.16 bits per heavy atom. The van der Waals surface area contributed by atoms with E-state index >= 15 is 0 Å². The van der Waals surface area contributed by atoms with Crippen molar-refractivity contribution >= 4 is 5.97 Å². The molecule has 0 amide bonds. The first-order valence-electron chi connectivity index (χ1n) is 6.53. The first-order chi connectivity index (χ1) is 9.13. The molecule has 0 bridgehead atoms. The highest BCUT2D eigenvalue weighted by atomic mass is 16.5. The fourth-order valence-corrected chi connectivity index (χ4v) is 2.33. The maximum atomic E-state index is 11.2. The van der Waals surface area contributed by atoms with Crippen LogP contribution in [-0.2, 0) is 16.1 Å². The van der Waals surface area contributed by atoms with Crippen LogP contribution in [0.25, 0.3) is 0 Å². The first-order valence-corrected chi connectivity index (χ1v) is 6.53. The SMILES string of the molecule is COC(=O)c1ccc(COCC2(N)CCCC2)nc1. The molecule has 1 heterocycles. The molecule has 1 aliphatic carbocycles. The van der Waals surface area contributed by atoms with Gasteiger partial charge in [-0.25, -0.2) is 4.79 Å². The number of rotatable bonds is 5. The summed E-state index contributed by atoms with van der Waals surface area (Å²) in [5.74, 6) is -0.383. The van der Waals surface area contributed by atoms with E-state index in [0.717, 1.165) is 18.5 Å². The molecule has 5 nitrogen and oxygen atoms in total. The zero-order chi connectivity index (χ0) is 13.7. The van der Waals surface area contributed by atoms with Crippen LogP contribution >= 0.6 is 0 Å². The molecule has 2 N–H and O–H groups in total. The van der Waals surface area contributed by atoms with Crippen molar-refractivity contribution in [2.24, 2.45) is 5.73 Å². The lowest BCUT2D eigenvalue weighted by molar-refractivity contribution is 0.0599. The number of aromatic nitrogens is 1. The van der Waals surface area contributed by atoms with Gasteiger partial charge in [0.2, 0.25) is 0 Å². The average molecular weight is 264 g/mol.